The van der Waals surface area contributed by atoms with Crippen molar-refractivity contribution in [2.24, 2.45) is 5.92 Å². The molecule has 1 saturated heterocycles. The normalized spacial score (nSPS) is 27.8. The highest BCUT2D eigenvalue weighted by Gasteiger charge is 2.28. The molecule has 0 amide bonds. The molecule has 0 bridgehead atoms. The van der Waals surface area contributed by atoms with Crippen molar-refractivity contribution in [2.45, 2.75) is 46.1 Å². The van der Waals surface area contributed by atoms with Crippen LogP contribution in [-0.4, -0.2) is 23.5 Å². The van der Waals surface area contributed by atoms with Crippen molar-refractivity contribution in [1.82, 2.24) is 4.90 Å². The molecule has 0 spiro atoms. The molecule has 0 N–H and O–H groups in total. The molecule has 0 aliphatic carbocycles. The van der Waals surface area contributed by atoms with E-state index in [0.717, 1.165) is 5.92 Å². The third kappa shape index (κ3) is 2.19. The van der Waals surface area contributed by atoms with Crippen LogP contribution in [0.4, 0.5) is 0 Å². The Morgan fingerprint density at radius 2 is 2.00 bits per heavy atom. The van der Waals surface area contributed by atoms with Gasteiger partial charge >= 0.3 is 0 Å². The summed E-state index contributed by atoms with van der Waals surface area (Å²) in [6.07, 6.45) is 2.76. The van der Waals surface area contributed by atoms with Gasteiger partial charge in [0, 0.05) is 12.1 Å². The van der Waals surface area contributed by atoms with Crippen molar-refractivity contribution in [3.05, 3.63) is 0 Å². The highest BCUT2D eigenvalue weighted by Crippen LogP contribution is 2.25. The van der Waals surface area contributed by atoms with Crippen LogP contribution in [0.5, 0.6) is 0 Å². The average molecular weight is 155 g/mol. The third-order valence-corrected chi connectivity index (χ3v) is 2.81. The van der Waals surface area contributed by atoms with Crippen LogP contribution < -0.4 is 0 Å². The second-order valence-electron chi connectivity index (χ2n) is 4.68. The van der Waals surface area contributed by atoms with E-state index in [1.165, 1.54) is 25.9 Å². The fraction of sp³-hybridized carbons (Fsp3) is 1.00. The Labute approximate surface area is 70.8 Å². The summed E-state index contributed by atoms with van der Waals surface area (Å²) in [5.41, 5.74) is 0.393. The first kappa shape index (κ1) is 9.05. The smallest absolute Gasteiger partial charge is 0.0125 e. The molecule has 11 heavy (non-hydrogen) atoms. The lowest BCUT2D eigenvalue weighted by molar-refractivity contribution is 0.168. The van der Waals surface area contributed by atoms with Crippen LogP contribution in [0.25, 0.3) is 0 Å². The molecule has 0 aromatic carbocycles. The van der Waals surface area contributed by atoms with E-state index in [4.69, 9.17) is 0 Å². The van der Waals surface area contributed by atoms with Gasteiger partial charge in [-0.25, -0.2) is 0 Å². The SMILES string of the molecule is CC[C@H]1CCN(C(C)(C)C)C1. The predicted molar refractivity (Wildman–Crippen MR) is 49.7 cm³/mol. The second kappa shape index (κ2) is 3.14. The van der Waals surface area contributed by atoms with Crippen LogP contribution in [0.2, 0.25) is 0 Å². The number of rotatable bonds is 1. The first-order valence-electron chi connectivity index (χ1n) is 4.79. The topological polar surface area (TPSA) is 3.24 Å². The minimum absolute atomic E-state index is 0.393. The number of nitrogens with zero attached hydrogens (tertiary/aromatic N) is 1. The Balaban J connectivity index is 2.42. The molecule has 1 aliphatic heterocycles. The van der Waals surface area contributed by atoms with Crippen molar-refractivity contribution in [1.29, 1.82) is 0 Å². The standard InChI is InChI=1S/C10H21N/c1-5-9-6-7-11(8-9)10(2,3)4/h9H,5-8H2,1-4H3/t9-/m0/s1. The molecular weight excluding hydrogens is 134 g/mol. The van der Waals surface area contributed by atoms with Gasteiger partial charge < -0.3 is 0 Å². The van der Waals surface area contributed by atoms with E-state index < -0.39 is 0 Å². The molecule has 0 radical (unpaired) electrons. The molecule has 1 heteroatoms. The van der Waals surface area contributed by atoms with Gasteiger partial charge in [-0.05, 0) is 39.7 Å². The van der Waals surface area contributed by atoms with Crippen LogP contribution in [0.3, 0.4) is 0 Å². The lowest BCUT2D eigenvalue weighted by atomic mass is 10.1. The zero-order valence-electron chi connectivity index (χ0n) is 8.35. The van der Waals surface area contributed by atoms with Crippen molar-refractivity contribution in [3.63, 3.8) is 0 Å². The van der Waals surface area contributed by atoms with E-state index >= 15 is 0 Å². The predicted octanol–water partition coefficient (Wildman–Crippen LogP) is 2.52. The van der Waals surface area contributed by atoms with Gasteiger partial charge in [0.25, 0.3) is 0 Å². The fourth-order valence-corrected chi connectivity index (χ4v) is 1.78. The molecule has 66 valence electrons. The van der Waals surface area contributed by atoms with Gasteiger partial charge in [0.1, 0.15) is 0 Å². The maximum Gasteiger partial charge on any atom is 0.0125 e. The van der Waals surface area contributed by atoms with Gasteiger partial charge in [0.2, 0.25) is 0 Å². The molecular formula is C10H21N. The summed E-state index contributed by atoms with van der Waals surface area (Å²) >= 11 is 0. The molecule has 1 aliphatic rings. The molecule has 1 nitrogen and oxygen atoms in total. The molecule has 1 heterocycles. The average Bonchev–Trinajstić information content (AvgIpc) is 2.32. The fourth-order valence-electron chi connectivity index (χ4n) is 1.78. The highest BCUT2D eigenvalue weighted by molar-refractivity contribution is 4.83. The summed E-state index contributed by atoms with van der Waals surface area (Å²) in [6.45, 7) is 11.9. The third-order valence-electron chi connectivity index (χ3n) is 2.81. The Kier molecular flexibility index (Phi) is 2.58. The minimum atomic E-state index is 0.393. The van der Waals surface area contributed by atoms with E-state index in [1.807, 2.05) is 0 Å². The Bertz CT molecular complexity index is 123. The van der Waals surface area contributed by atoms with E-state index in [2.05, 4.69) is 32.6 Å². The van der Waals surface area contributed by atoms with Crippen LogP contribution in [0.1, 0.15) is 40.5 Å². The maximum absolute atomic E-state index is 2.60. The Morgan fingerprint density at radius 3 is 2.27 bits per heavy atom. The van der Waals surface area contributed by atoms with Crippen LogP contribution in [0.15, 0.2) is 0 Å². The van der Waals surface area contributed by atoms with Crippen LogP contribution in [0, 0.1) is 5.92 Å². The Hall–Kier alpha value is -0.0400. The van der Waals surface area contributed by atoms with Crippen LogP contribution in [-0.2, 0) is 0 Å². The molecule has 0 unspecified atom stereocenters. The van der Waals surface area contributed by atoms with E-state index in [9.17, 15) is 0 Å². The van der Waals surface area contributed by atoms with Gasteiger partial charge in [-0.3, -0.25) is 4.90 Å². The largest absolute Gasteiger partial charge is 0.298 e. The lowest BCUT2D eigenvalue weighted by Gasteiger charge is -2.31. The number of hydrogen-bond donors (Lipinski definition) is 0. The van der Waals surface area contributed by atoms with E-state index in [0.29, 0.717) is 5.54 Å². The van der Waals surface area contributed by atoms with Gasteiger partial charge in [-0.15, -0.1) is 0 Å². The molecule has 1 fully saturated rings. The summed E-state index contributed by atoms with van der Waals surface area (Å²) in [7, 11) is 0. The van der Waals surface area contributed by atoms with Gasteiger partial charge in [-0.1, -0.05) is 13.3 Å². The summed E-state index contributed by atoms with van der Waals surface area (Å²) in [5.74, 6) is 0.967. The quantitative estimate of drug-likeness (QED) is 0.562. The second-order valence-corrected chi connectivity index (χ2v) is 4.68. The van der Waals surface area contributed by atoms with Crippen LogP contribution >= 0.6 is 0 Å². The minimum Gasteiger partial charge on any atom is -0.298 e. The van der Waals surface area contributed by atoms with E-state index in [1.54, 1.807) is 0 Å². The molecule has 0 aromatic heterocycles. The van der Waals surface area contributed by atoms with E-state index in [-0.39, 0.29) is 0 Å². The first-order chi connectivity index (χ1) is 5.04. The number of hydrogen-bond acceptors (Lipinski definition) is 1. The van der Waals surface area contributed by atoms with Crippen molar-refractivity contribution in [2.75, 3.05) is 13.1 Å². The summed E-state index contributed by atoms with van der Waals surface area (Å²) in [4.78, 5) is 2.60. The molecule has 0 saturated carbocycles. The van der Waals surface area contributed by atoms with Crippen molar-refractivity contribution in [3.8, 4) is 0 Å². The summed E-state index contributed by atoms with van der Waals surface area (Å²) in [5, 5.41) is 0. The van der Waals surface area contributed by atoms with Gasteiger partial charge in [0.05, 0.1) is 0 Å². The maximum atomic E-state index is 2.60. The zero-order valence-corrected chi connectivity index (χ0v) is 8.35. The van der Waals surface area contributed by atoms with Crippen molar-refractivity contribution < 1.29 is 0 Å². The summed E-state index contributed by atoms with van der Waals surface area (Å²) < 4.78 is 0. The molecule has 1 rings (SSSR count). The Morgan fingerprint density at radius 1 is 1.36 bits per heavy atom. The van der Waals surface area contributed by atoms with Gasteiger partial charge in [0.15, 0.2) is 0 Å². The summed E-state index contributed by atoms with van der Waals surface area (Å²) in [6, 6.07) is 0. The molecule has 0 aromatic rings. The van der Waals surface area contributed by atoms with Gasteiger partial charge in [-0.2, -0.15) is 0 Å². The molecule has 1 atom stereocenters. The lowest BCUT2D eigenvalue weighted by Crippen LogP contribution is -2.39. The number of likely N-dealkylation sites (tertiary alicyclic amines) is 1. The zero-order chi connectivity index (χ0) is 8.48. The highest BCUT2D eigenvalue weighted by atomic mass is 15.2. The first-order valence-corrected chi connectivity index (χ1v) is 4.79. The van der Waals surface area contributed by atoms with Crippen molar-refractivity contribution >= 4 is 0 Å². The monoisotopic (exact) mass is 155 g/mol.